The predicted molar refractivity (Wildman–Crippen MR) is 103 cm³/mol. The molecule has 0 radical (unpaired) electrons. The van der Waals surface area contributed by atoms with Crippen LogP contribution in [0.25, 0.3) is 0 Å². The van der Waals surface area contributed by atoms with Crippen LogP contribution in [0, 0.1) is 0 Å². The molecule has 2 rings (SSSR count). The maximum absolute atomic E-state index is 12.5. The molecule has 1 unspecified atom stereocenters. The lowest BCUT2D eigenvalue weighted by molar-refractivity contribution is 0.0939. The summed E-state index contributed by atoms with van der Waals surface area (Å²) in [4.78, 5) is 12.5. The van der Waals surface area contributed by atoms with Gasteiger partial charge >= 0.3 is 0 Å². The molecular formula is C19H24N2O4S. The summed E-state index contributed by atoms with van der Waals surface area (Å²) >= 11 is 0. The molecule has 0 saturated carbocycles. The van der Waals surface area contributed by atoms with Gasteiger partial charge in [-0.1, -0.05) is 18.2 Å². The number of hydrogen-bond donors (Lipinski definition) is 1. The van der Waals surface area contributed by atoms with Crippen molar-refractivity contribution in [1.29, 1.82) is 0 Å². The molecule has 1 atom stereocenters. The van der Waals surface area contributed by atoms with Crippen molar-refractivity contribution in [3.8, 4) is 5.75 Å². The van der Waals surface area contributed by atoms with E-state index in [9.17, 15) is 13.2 Å². The molecule has 140 valence electrons. The summed E-state index contributed by atoms with van der Waals surface area (Å²) < 4.78 is 30.4. The van der Waals surface area contributed by atoms with E-state index in [0.717, 1.165) is 5.56 Å². The van der Waals surface area contributed by atoms with Gasteiger partial charge in [0, 0.05) is 18.2 Å². The second-order valence-corrected chi connectivity index (χ2v) is 8.14. The first-order valence-electron chi connectivity index (χ1n) is 8.30. The lowest BCUT2D eigenvalue weighted by Crippen LogP contribution is -2.28. The molecule has 2 aromatic rings. The number of benzene rings is 2. The number of hydrogen-bond acceptors (Lipinski definition) is 4. The molecule has 2 aromatic carbocycles. The van der Waals surface area contributed by atoms with Crippen LogP contribution in [0.15, 0.2) is 48.5 Å². The van der Waals surface area contributed by atoms with Gasteiger partial charge in [-0.15, -0.1) is 0 Å². The van der Waals surface area contributed by atoms with Crippen LogP contribution in [-0.2, 0) is 10.0 Å². The van der Waals surface area contributed by atoms with Crippen LogP contribution in [-0.4, -0.2) is 34.2 Å². The van der Waals surface area contributed by atoms with Gasteiger partial charge in [0.15, 0.2) is 0 Å². The second kappa shape index (κ2) is 8.23. The first-order valence-corrected chi connectivity index (χ1v) is 9.91. The Morgan fingerprint density at radius 1 is 1.15 bits per heavy atom. The van der Waals surface area contributed by atoms with E-state index in [1.807, 2.05) is 31.2 Å². The number of nitrogens with one attached hydrogen (secondary N) is 1. The first kappa shape index (κ1) is 19.8. The summed E-state index contributed by atoms with van der Waals surface area (Å²) in [6.45, 7) is 3.47. The third-order valence-electron chi connectivity index (χ3n) is 4.23. The van der Waals surface area contributed by atoms with Gasteiger partial charge in [-0.3, -0.25) is 9.10 Å². The zero-order chi connectivity index (χ0) is 19.3. The van der Waals surface area contributed by atoms with E-state index >= 15 is 0 Å². The Labute approximate surface area is 154 Å². The number of anilines is 1. The topological polar surface area (TPSA) is 75.7 Å². The van der Waals surface area contributed by atoms with Crippen LogP contribution in [0.1, 0.15) is 35.8 Å². The fraction of sp³-hybridized carbons (Fsp3) is 0.316. The Morgan fingerprint density at radius 3 is 2.35 bits per heavy atom. The molecule has 0 spiro atoms. The summed E-state index contributed by atoms with van der Waals surface area (Å²) in [5.74, 6) is 0.486. The average Bonchev–Trinajstić information content (AvgIpc) is 2.67. The molecule has 1 amide bonds. The fourth-order valence-electron chi connectivity index (χ4n) is 2.56. The van der Waals surface area contributed by atoms with Crippen molar-refractivity contribution < 1.29 is 17.9 Å². The summed E-state index contributed by atoms with van der Waals surface area (Å²) in [7, 11) is -0.240. The zero-order valence-electron chi connectivity index (χ0n) is 15.4. The van der Waals surface area contributed by atoms with Crippen molar-refractivity contribution in [2.45, 2.75) is 19.9 Å². The number of methoxy groups -OCH3 is 1. The molecule has 0 aromatic heterocycles. The van der Waals surface area contributed by atoms with Crippen molar-refractivity contribution in [3.05, 3.63) is 59.7 Å². The number of ether oxygens (including phenoxy) is 1. The molecule has 0 saturated heterocycles. The van der Waals surface area contributed by atoms with Crippen LogP contribution in [0.4, 0.5) is 5.69 Å². The largest absolute Gasteiger partial charge is 0.496 e. The minimum Gasteiger partial charge on any atom is -0.496 e. The highest BCUT2D eigenvalue weighted by molar-refractivity contribution is 7.92. The van der Waals surface area contributed by atoms with Gasteiger partial charge in [-0.05, 0) is 44.2 Å². The summed E-state index contributed by atoms with van der Waals surface area (Å²) in [6, 6.07) is 13.7. The van der Waals surface area contributed by atoms with Crippen molar-refractivity contribution in [1.82, 2.24) is 5.32 Å². The smallest absolute Gasteiger partial charge is 0.251 e. The quantitative estimate of drug-likeness (QED) is 0.806. The average molecular weight is 376 g/mol. The van der Waals surface area contributed by atoms with E-state index < -0.39 is 10.0 Å². The molecule has 0 aliphatic rings. The summed E-state index contributed by atoms with van der Waals surface area (Å²) in [6.07, 6.45) is 0. The predicted octanol–water partition coefficient (Wildman–Crippen LogP) is 2.97. The Kier molecular flexibility index (Phi) is 6.26. The molecule has 0 aliphatic carbocycles. The number of sulfonamides is 1. The van der Waals surface area contributed by atoms with Crippen LogP contribution >= 0.6 is 0 Å². The zero-order valence-corrected chi connectivity index (χ0v) is 16.2. The molecule has 0 heterocycles. The number of rotatable bonds is 7. The molecule has 0 bridgehead atoms. The van der Waals surface area contributed by atoms with E-state index in [1.165, 1.54) is 11.4 Å². The van der Waals surface area contributed by atoms with Gasteiger partial charge in [0.25, 0.3) is 5.91 Å². The van der Waals surface area contributed by atoms with E-state index in [4.69, 9.17) is 4.74 Å². The number of amides is 1. The second-order valence-electron chi connectivity index (χ2n) is 5.85. The number of para-hydroxylation sites is 1. The molecule has 26 heavy (non-hydrogen) atoms. The van der Waals surface area contributed by atoms with Crippen LogP contribution < -0.4 is 14.4 Å². The van der Waals surface area contributed by atoms with E-state index in [2.05, 4.69) is 5.32 Å². The third kappa shape index (κ3) is 4.35. The van der Waals surface area contributed by atoms with Crippen molar-refractivity contribution in [2.75, 3.05) is 24.2 Å². The first-order chi connectivity index (χ1) is 12.3. The maximum atomic E-state index is 12.5. The van der Waals surface area contributed by atoms with E-state index in [-0.39, 0.29) is 17.7 Å². The lowest BCUT2D eigenvalue weighted by atomic mass is 10.1. The Bertz CT molecular complexity index is 863. The van der Waals surface area contributed by atoms with Crippen molar-refractivity contribution in [3.63, 3.8) is 0 Å². The van der Waals surface area contributed by atoms with E-state index in [0.29, 0.717) is 17.0 Å². The van der Waals surface area contributed by atoms with Gasteiger partial charge in [0.05, 0.1) is 24.6 Å². The number of carbonyl (C=O) groups excluding carboxylic acids is 1. The molecule has 0 aliphatic heterocycles. The van der Waals surface area contributed by atoms with Gasteiger partial charge in [-0.25, -0.2) is 8.42 Å². The highest BCUT2D eigenvalue weighted by Crippen LogP contribution is 2.25. The van der Waals surface area contributed by atoms with Crippen LogP contribution in [0.3, 0.4) is 0 Å². The Morgan fingerprint density at radius 2 is 1.77 bits per heavy atom. The number of nitrogens with zero attached hydrogens (tertiary/aromatic N) is 1. The third-order valence-corrected chi connectivity index (χ3v) is 6.00. The highest BCUT2D eigenvalue weighted by Gasteiger charge is 2.17. The molecular weight excluding hydrogens is 352 g/mol. The fourth-order valence-corrected chi connectivity index (χ4v) is 3.39. The Hall–Kier alpha value is -2.54. The minimum absolute atomic E-state index is 0.0160. The lowest BCUT2D eigenvalue weighted by Gasteiger charge is -2.19. The van der Waals surface area contributed by atoms with Crippen LogP contribution in [0.2, 0.25) is 0 Å². The maximum Gasteiger partial charge on any atom is 0.251 e. The molecule has 7 heteroatoms. The molecule has 0 fully saturated rings. The molecule has 6 nitrogen and oxygen atoms in total. The normalized spacial score (nSPS) is 12.3. The van der Waals surface area contributed by atoms with Crippen molar-refractivity contribution >= 4 is 21.6 Å². The SMILES string of the molecule is CCS(=O)(=O)N(C)c1ccc(C(=O)NC(C)c2ccccc2OC)cc1. The highest BCUT2D eigenvalue weighted by atomic mass is 32.2. The van der Waals surface area contributed by atoms with Crippen LogP contribution in [0.5, 0.6) is 5.75 Å². The summed E-state index contributed by atoms with van der Waals surface area (Å²) in [5.41, 5.74) is 1.85. The van der Waals surface area contributed by atoms with Gasteiger partial charge < -0.3 is 10.1 Å². The van der Waals surface area contributed by atoms with Gasteiger partial charge in [-0.2, -0.15) is 0 Å². The van der Waals surface area contributed by atoms with Crippen molar-refractivity contribution in [2.24, 2.45) is 0 Å². The van der Waals surface area contributed by atoms with E-state index in [1.54, 1.807) is 38.3 Å². The standard InChI is InChI=1S/C19H24N2O4S/c1-5-26(23,24)21(3)16-12-10-15(11-13-16)19(22)20-14(2)17-8-6-7-9-18(17)25-4/h6-14H,5H2,1-4H3,(H,20,22). The molecule has 1 N–H and O–H groups in total. The van der Waals surface area contributed by atoms with Gasteiger partial charge in [0.2, 0.25) is 10.0 Å². The Balaban J connectivity index is 2.13. The summed E-state index contributed by atoms with van der Waals surface area (Å²) in [5, 5.41) is 2.93. The monoisotopic (exact) mass is 376 g/mol. The minimum atomic E-state index is -3.33. The number of carbonyl (C=O) groups is 1. The van der Waals surface area contributed by atoms with Gasteiger partial charge in [0.1, 0.15) is 5.75 Å².